The van der Waals surface area contributed by atoms with Gasteiger partial charge in [-0.3, -0.25) is 39.0 Å². The number of epoxide rings is 1. The number of alkyl carbamates (subject to hydrolysis) is 1. The van der Waals surface area contributed by atoms with Crippen LogP contribution in [0.1, 0.15) is 132 Å². The van der Waals surface area contributed by atoms with Gasteiger partial charge in [0.15, 0.2) is 5.78 Å². The van der Waals surface area contributed by atoms with Crippen LogP contribution >= 0.6 is 23.4 Å². The zero-order chi connectivity index (χ0) is 50.5. The first-order chi connectivity index (χ1) is 31.8. The first kappa shape index (κ1) is 54.7. The van der Waals surface area contributed by atoms with Crippen molar-refractivity contribution in [2.45, 2.75) is 172 Å². The molecule has 0 aromatic heterocycles. The first-order valence-corrected chi connectivity index (χ1v) is 25.3. The molecule has 17 heteroatoms. The normalized spacial score (nSPS) is 29.6. The SMILES string of the molecule is CCC(=O)CCCCCN1C(=O)CC(SC(C)(C)CCC(=O)N(C)[C@@H](C)C(=O)C[C@H]2CC(=O)N(C)c3cc(cc(OC)c3Cl)C/C(C)=C/C=C/[C@@H](C)[C@@]3(O)C[C@H](OC(=O)N3)[C@@H](C)[C@@H]3O[C@@]23C)C1=O. The number of anilines is 1. The molecule has 4 aliphatic rings. The predicted octanol–water partition coefficient (Wildman–Crippen LogP) is 7.76. The van der Waals surface area contributed by atoms with Crippen LogP contribution in [0.4, 0.5) is 10.5 Å². The minimum Gasteiger partial charge on any atom is -0.495 e. The molecule has 3 fully saturated rings. The van der Waals surface area contributed by atoms with Gasteiger partial charge in [0, 0.05) is 88.1 Å². The summed E-state index contributed by atoms with van der Waals surface area (Å²) >= 11 is 8.23. The van der Waals surface area contributed by atoms with Crippen LogP contribution in [0.5, 0.6) is 5.75 Å². The molecule has 5 rings (SSSR count). The maximum Gasteiger partial charge on any atom is 0.409 e. The molecular weight excluding hydrogens is 912 g/mol. The number of thioether (sulfide) groups is 1. The lowest BCUT2D eigenvalue weighted by Gasteiger charge is -2.41. The molecule has 9 atom stereocenters. The topological polar surface area (TPSA) is 192 Å². The monoisotopic (exact) mass is 984 g/mol. The van der Waals surface area contributed by atoms with Gasteiger partial charge in [0.1, 0.15) is 28.4 Å². The summed E-state index contributed by atoms with van der Waals surface area (Å²) in [5.74, 6) is -2.38. The lowest BCUT2D eigenvalue weighted by Crippen LogP contribution is -2.60. The third kappa shape index (κ3) is 13.1. The molecule has 0 saturated carbocycles. The molecule has 0 radical (unpaired) electrons. The number of carbonyl (C=O) groups is 7. The molecule has 68 heavy (non-hydrogen) atoms. The van der Waals surface area contributed by atoms with Crippen molar-refractivity contribution in [2.75, 3.05) is 32.6 Å². The molecule has 15 nitrogen and oxygen atoms in total. The summed E-state index contributed by atoms with van der Waals surface area (Å²) in [6, 6.07) is 2.79. The molecule has 0 aliphatic carbocycles. The highest BCUT2D eigenvalue weighted by Gasteiger charge is 2.63. The van der Waals surface area contributed by atoms with E-state index in [1.165, 1.54) is 33.6 Å². The molecule has 0 spiro atoms. The van der Waals surface area contributed by atoms with Crippen LogP contribution in [0.3, 0.4) is 0 Å². The highest BCUT2D eigenvalue weighted by Crippen LogP contribution is 2.52. The van der Waals surface area contributed by atoms with E-state index in [9.17, 15) is 38.7 Å². The van der Waals surface area contributed by atoms with Gasteiger partial charge in [-0.2, -0.15) is 0 Å². The molecule has 4 aliphatic heterocycles. The summed E-state index contributed by atoms with van der Waals surface area (Å²) in [5, 5.41) is 14.1. The van der Waals surface area contributed by atoms with Gasteiger partial charge in [0.25, 0.3) is 0 Å². The number of hydrogen-bond donors (Lipinski definition) is 2. The molecule has 376 valence electrons. The second kappa shape index (κ2) is 22.7. The van der Waals surface area contributed by atoms with Gasteiger partial charge in [-0.25, -0.2) is 4.79 Å². The summed E-state index contributed by atoms with van der Waals surface area (Å²) in [5.41, 5.74) is -0.421. The molecule has 2 N–H and O–H groups in total. The van der Waals surface area contributed by atoms with E-state index in [1.807, 2.05) is 78.8 Å². The van der Waals surface area contributed by atoms with Crippen molar-refractivity contribution in [3.8, 4) is 5.75 Å². The van der Waals surface area contributed by atoms with Crippen molar-refractivity contribution in [3.63, 3.8) is 0 Å². The number of aliphatic hydroxyl groups is 1. The fourth-order valence-corrected chi connectivity index (χ4v) is 11.3. The number of likely N-dealkylation sites (tertiary alicyclic amines) is 1. The average Bonchev–Trinajstić information content (AvgIpc) is 3.91. The second-order valence-corrected chi connectivity index (χ2v) is 22.4. The number of fused-ring (bicyclic) bond motifs is 5. The molecule has 4 heterocycles. The summed E-state index contributed by atoms with van der Waals surface area (Å²) in [4.78, 5) is 97.5. The third-order valence-corrected chi connectivity index (χ3v) is 16.4. The van der Waals surface area contributed by atoms with Crippen molar-refractivity contribution < 1.29 is 52.9 Å². The van der Waals surface area contributed by atoms with Crippen LogP contribution < -0.4 is 15.0 Å². The quantitative estimate of drug-likeness (QED) is 0.0878. The number of nitrogens with zero attached hydrogens (tertiary/aromatic N) is 3. The Morgan fingerprint density at radius 2 is 1.79 bits per heavy atom. The summed E-state index contributed by atoms with van der Waals surface area (Å²) in [6.45, 7) is 15.2. The molecule has 1 unspecified atom stereocenters. The van der Waals surface area contributed by atoms with Gasteiger partial charge in [0.05, 0.1) is 35.8 Å². The Bertz CT molecular complexity index is 2160. The number of nitrogens with one attached hydrogen (secondary N) is 1. The fraction of sp³-hybridized carbons (Fsp3) is 0.667. The second-order valence-electron chi connectivity index (χ2n) is 20.1. The maximum absolute atomic E-state index is 14.4. The number of hydrogen-bond acceptors (Lipinski definition) is 12. The number of unbranched alkanes of at least 4 members (excludes halogenated alkanes) is 2. The van der Waals surface area contributed by atoms with E-state index in [0.717, 1.165) is 24.0 Å². The van der Waals surface area contributed by atoms with Crippen LogP contribution in [0.15, 0.2) is 35.9 Å². The van der Waals surface area contributed by atoms with E-state index in [-0.39, 0.29) is 72.3 Å². The Morgan fingerprint density at radius 3 is 2.47 bits per heavy atom. The fourth-order valence-electron chi connectivity index (χ4n) is 9.55. The molecule has 5 amide bonds. The lowest BCUT2D eigenvalue weighted by molar-refractivity contribution is -0.138. The van der Waals surface area contributed by atoms with Crippen LogP contribution in [-0.4, -0.2) is 124 Å². The molecular formula is C51H73ClN4O11S. The largest absolute Gasteiger partial charge is 0.495 e. The number of halogens is 1. The van der Waals surface area contributed by atoms with Crippen LogP contribution in [-0.2, 0) is 44.7 Å². The van der Waals surface area contributed by atoms with Gasteiger partial charge < -0.3 is 29.1 Å². The van der Waals surface area contributed by atoms with Gasteiger partial charge in [-0.05, 0) is 64.2 Å². The number of Topliss-reactive ketones (excluding diaryl/α,β-unsaturated/α-hetero) is 2. The van der Waals surface area contributed by atoms with Crippen molar-refractivity contribution >= 4 is 70.3 Å². The maximum atomic E-state index is 14.4. The van der Waals surface area contributed by atoms with E-state index in [1.54, 1.807) is 21.0 Å². The minimum absolute atomic E-state index is 0.0658. The molecule has 1 aromatic carbocycles. The zero-order valence-corrected chi connectivity index (χ0v) is 43.4. The number of benzene rings is 1. The van der Waals surface area contributed by atoms with Gasteiger partial charge in [-0.1, -0.05) is 76.4 Å². The predicted molar refractivity (Wildman–Crippen MR) is 262 cm³/mol. The summed E-state index contributed by atoms with van der Waals surface area (Å²) < 4.78 is 17.3. The lowest BCUT2D eigenvalue weighted by atomic mass is 9.77. The number of methoxy groups -OCH3 is 1. The van der Waals surface area contributed by atoms with E-state index < -0.39 is 63.4 Å². The number of ether oxygens (including phenoxy) is 3. The molecule has 3 saturated heterocycles. The number of carbonyl (C=O) groups excluding carboxylic acids is 7. The van der Waals surface area contributed by atoms with E-state index in [2.05, 4.69) is 5.32 Å². The van der Waals surface area contributed by atoms with Crippen molar-refractivity contribution in [2.24, 2.45) is 17.8 Å². The summed E-state index contributed by atoms with van der Waals surface area (Å²) in [7, 11) is 4.71. The zero-order valence-electron chi connectivity index (χ0n) is 41.8. The average molecular weight is 986 g/mol. The Morgan fingerprint density at radius 1 is 1.09 bits per heavy atom. The first-order valence-electron chi connectivity index (χ1n) is 24.0. The third-order valence-electron chi connectivity index (χ3n) is 14.5. The number of allylic oxidation sites excluding steroid dienone is 3. The van der Waals surface area contributed by atoms with Gasteiger partial charge >= 0.3 is 6.09 Å². The van der Waals surface area contributed by atoms with Gasteiger partial charge in [0.2, 0.25) is 23.6 Å². The number of ketones is 2. The smallest absolute Gasteiger partial charge is 0.409 e. The highest BCUT2D eigenvalue weighted by molar-refractivity contribution is 8.02. The van der Waals surface area contributed by atoms with E-state index >= 15 is 0 Å². The standard InChI is InChI=1S/C51H73ClN4O11S/c1-12-36(57)19-14-13-15-22-56-44(61)28-41(47(56)62)68-49(6,7)21-20-42(59)54(9)33(5)38(58)26-35-27-43(60)55(10)37-24-34(25-39(65-11)45(37)52)23-30(2)17-16-18-31(3)51(64)29-40(66-48(63)53-51)32(4)46-50(35,8)67-46/h16-18,24-25,31-33,35,40-41,46,64H,12-15,19-23,26-29H2,1-11H3,(H,53,63)/b18-16+,30-17+/t31-,32-,33+,35+,40+,41?,46+,50+,51+/m1/s1. The van der Waals surface area contributed by atoms with Crippen LogP contribution in [0.25, 0.3) is 0 Å². The van der Waals surface area contributed by atoms with E-state index in [0.29, 0.717) is 50.1 Å². The summed E-state index contributed by atoms with van der Waals surface area (Å²) in [6.07, 6.45) is 7.52. The number of imide groups is 1. The number of rotatable bonds is 17. The Labute approximate surface area is 411 Å². The van der Waals surface area contributed by atoms with Crippen molar-refractivity contribution in [3.05, 3.63) is 46.5 Å². The van der Waals surface area contributed by atoms with Crippen LogP contribution in [0.2, 0.25) is 5.02 Å². The Balaban J connectivity index is 1.30. The minimum atomic E-state index is -1.63. The molecule has 4 bridgehead atoms. The Hall–Kier alpha value is -4.25. The number of likely N-dealkylation sites (N-methyl/N-ethyl adjacent to an activating group) is 1. The van der Waals surface area contributed by atoms with E-state index in [4.69, 9.17) is 25.8 Å². The number of amides is 5. The van der Waals surface area contributed by atoms with Crippen LogP contribution in [0, 0.1) is 17.8 Å². The van der Waals surface area contributed by atoms with Crippen molar-refractivity contribution in [1.82, 2.24) is 15.1 Å². The van der Waals surface area contributed by atoms with Crippen molar-refractivity contribution in [1.29, 1.82) is 0 Å². The highest BCUT2D eigenvalue weighted by atomic mass is 35.5. The van der Waals surface area contributed by atoms with Gasteiger partial charge in [-0.15, -0.1) is 11.8 Å². The Kier molecular flexibility index (Phi) is 18.2. The molecule has 1 aromatic rings.